The fourth-order valence-corrected chi connectivity index (χ4v) is 6.26. The molecule has 3 heterocycles. The Morgan fingerprint density at radius 2 is 1.88 bits per heavy atom. The van der Waals surface area contributed by atoms with E-state index in [9.17, 15) is 31.2 Å². The number of fused-ring (bicyclic) bond motifs is 3. The largest absolute Gasteiger partial charge is 0.573 e. The minimum atomic E-state index is -5.13. The molecule has 2 aromatic carbocycles. The number of nitrogens with one attached hydrogen (secondary N) is 1. The van der Waals surface area contributed by atoms with Crippen LogP contribution in [0.3, 0.4) is 0 Å². The van der Waals surface area contributed by atoms with Crippen molar-refractivity contribution in [3.05, 3.63) is 63.0 Å². The maximum atomic E-state index is 13.4. The van der Waals surface area contributed by atoms with Crippen LogP contribution in [0, 0.1) is 6.92 Å². The fraction of sp³-hybridized carbons (Fsp3) is 0.448. The number of piperazine rings is 1. The first kappa shape index (κ1) is 30.7. The molecule has 1 aromatic heterocycles. The highest BCUT2D eigenvalue weighted by atomic mass is 32.2. The van der Waals surface area contributed by atoms with Crippen LogP contribution in [0.15, 0.2) is 39.5 Å². The lowest BCUT2D eigenvalue weighted by Gasteiger charge is -2.39. The highest BCUT2D eigenvalue weighted by Crippen LogP contribution is 2.35. The molecule has 1 atom stereocenters. The summed E-state index contributed by atoms with van der Waals surface area (Å²) in [4.78, 5) is 32.5. The van der Waals surface area contributed by atoms with E-state index in [1.165, 1.54) is 17.9 Å². The molecule has 0 aliphatic carbocycles. The van der Waals surface area contributed by atoms with Gasteiger partial charge in [0.25, 0.3) is 5.91 Å². The minimum absolute atomic E-state index is 0.0944. The van der Waals surface area contributed by atoms with E-state index in [0.717, 1.165) is 54.0 Å². The Morgan fingerprint density at radius 3 is 2.56 bits per heavy atom. The number of aryl methyl sites for hydroxylation is 1. The molecule has 2 aliphatic rings. The Hall–Kier alpha value is -3.78. The number of ether oxygens (including phenoxy) is 1. The molecular weight excluding hydrogens is 589 g/mol. The topological polar surface area (TPSA) is 112 Å². The van der Waals surface area contributed by atoms with Gasteiger partial charge in [0.05, 0.1) is 23.5 Å². The van der Waals surface area contributed by atoms with E-state index in [2.05, 4.69) is 28.5 Å². The van der Waals surface area contributed by atoms with Crippen molar-refractivity contribution in [2.75, 3.05) is 48.6 Å². The summed E-state index contributed by atoms with van der Waals surface area (Å²) in [6.07, 6.45) is -4.79. The predicted octanol–water partition coefficient (Wildman–Crippen LogP) is 4.10. The maximum Gasteiger partial charge on any atom is 0.573 e. The zero-order chi connectivity index (χ0) is 31.3. The van der Waals surface area contributed by atoms with Gasteiger partial charge in [-0.05, 0) is 70.1 Å². The number of hydrogen-bond donors (Lipinski definition) is 1. The first-order chi connectivity index (χ1) is 20.2. The van der Waals surface area contributed by atoms with Gasteiger partial charge >= 0.3 is 12.0 Å². The Bertz CT molecular complexity index is 1740. The summed E-state index contributed by atoms with van der Waals surface area (Å²) in [6.45, 7) is 8.14. The van der Waals surface area contributed by atoms with Crippen molar-refractivity contribution in [1.82, 2.24) is 9.80 Å². The second-order valence-electron chi connectivity index (χ2n) is 10.9. The van der Waals surface area contributed by atoms with Crippen molar-refractivity contribution >= 4 is 38.3 Å². The van der Waals surface area contributed by atoms with E-state index in [1.54, 1.807) is 0 Å². The van der Waals surface area contributed by atoms with Gasteiger partial charge in [0.15, 0.2) is 5.75 Å². The molecule has 1 fully saturated rings. The van der Waals surface area contributed by atoms with E-state index >= 15 is 0 Å². The number of hydrogen-bond acceptors (Lipinski definition) is 8. The predicted molar refractivity (Wildman–Crippen MR) is 156 cm³/mol. The molecule has 0 unspecified atom stereocenters. The number of rotatable bonds is 6. The number of nitrogens with zero attached hydrogens (tertiary/aromatic N) is 3. The molecule has 0 bridgehead atoms. The molecule has 3 aromatic rings. The zero-order valence-electron chi connectivity index (χ0n) is 24.2. The van der Waals surface area contributed by atoms with Crippen LogP contribution >= 0.6 is 0 Å². The fourth-order valence-electron chi connectivity index (χ4n) is 5.61. The van der Waals surface area contributed by atoms with Crippen LogP contribution < -0.4 is 20.0 Å². The number of benzene rings is 2. The average Bonchev–Trinajstić information content (AvgIpc) is 2.95. The molecule has 1 saturated heterocycles. The quantitative estimate of drug-likeness (QED) is 0.409. The van der Waals surface area contributed by atoms with Crippen molar-refractivity contribution in [3.63, 3.8) is 0 Å². The molecule has 2 aliphatic heterocycles. The minimum Gasteiger partial charge on any atom is -0.422 e. The first-order valence-electron chi connectivity index (χ1n) is 13.9. The summed E-state index contributed by atoms with van der Waals surface area (Å²) in [5.41, 5.74) is 2.29. The van der Waals surface area contributed by atoms with Gasteiger partial charge in [-0.25, -0.2) is 13.2 Å². The lowest BCUT2D eigenvalue weighted by molar-refractivity contribution is -0.274. The number of anilines is 2. The van der Waals surface area contributed by atoms with Gasteiger partial charge in [-0.3, -0.25) is 9.52 Å². The van der Waals surface area contributed by atoms with Gasteiger partial charge in [0.1, 0.15) is 5.58 Å². The average molecular weight is 623 g/mol. The van der Waals surface area contributed by atoms with E-state index < -0.39 is 39.4 Å². The SMILES string of the molecule is CCS(=O)(=O)Nc1ccc(C(=O)N2CCc3c(c(=O)oc4c(C)c(N5CCN(C)[C@@H](C)C5)ccc34)C2)cc1OC(F)(F)F. The lowest BCUT2D eigenvalue weighted by Crippen LogP contribution is -2.50. The third-order valence-corrected chi connectivity index (χ3v) is 9.47. The molecule has 0 saturated carbocycles. The lowest BCUT2D eigenvalue weighted by atomic mass is 9.95. The highest BCUT2D eigenvalue weighted by molar-refractivity contribution is 7.92. The molecule has 5 rings (SSSR count). The van der Waals surface area contributed by atoms with E-state index in [1.807, 2.05) is 23.8 Å². The van der Waals surface area contributed by atoms with Crippen molar-refractivity contribution in [2.24, 2.45) is 0 Å². The summed E-state index contributed by atoms with van der Waals surface area (Å²) in [5.74, 6) is -1.88. The zero-order valence-corrected chi connectivity index (χ0v) is 25.1. The number of halogens is 3. The van der Waals surface area contributed by atoms with Crippen LogP contribution in [0.5, 0.6) is 5.75 Å². The Morgan fingerprint density at radius 1 is 1.14 bits per heavy atom. The van der Waals surface area contributed by atoms with E-state index in [0.29, 0.717) is 23.6 Å². The van der Waals surface area contributed by atoms with Crippen LogP contribution in [0.1, 0.15) is 40.9 Å². The number of carbonyl (C=O) groups excluding carboxylic acids is 1. The van der Waals surface area contributed by atoms with Crippen LogP contribution in [-0.2, 0) is 23.0 Å². The molecular formula is C29H33F3N4O6S. The van der Waals surface area contributed by atoms with Crippen molar-refractivity contribution in [2.45, 2.75) is 46.1 Å². The van der Waals surface area contributed by atoms with Crippen LogP contribution in [0.2, 0.25) is 0 Å². The summed E-state index contributed by atoms with van der Waals surface area (Å²) < 4.78 is 75.2. The maximum absolute atomic E-state index is 13.4. The van der Waals surface area contributed by atoms with Gasteiger partial charge in [0, 0.05) is 54.4 Å². The van der Waals surface area contributed by atoms with Gasteiger partial charge < -0.3 is 23.9 Å². The number of alkyl halides is 3. The Balaban J connectivity index is 1.43. The Labute approximate surface area is 247 Å². The monoisotopic (exact) mass is 622 g/mol. The molecule has 14 heteroatoms. The molecule has 0 radical (unpaired) electrons. The molecule has 1 N–H and O–H groups in total. The molecule has 0 spiro atoms. The molecule has 1 amide bonds. The van der Waals surface area contributed by atoms with Crippen molar-refractivity contribution < 1.29 is 35.5 Å². The van der Waals surface area contributed by atoms with Crippen molar-refractivity contribution in [3.8, 4) is 5.75 Å². The van der Waals surface area contributed by atoms with E-state index in [-0.39, 0.29) is 24.4 Å². The first-order valence-corrected chi connectivity index (χ1v) is 15.6. The van der Waals surface area contributed by atoms with Gasteiger partial charge in [-0.2, -0.15) is 0 Å². The summed E-state index contributed by atoms with van der Waals surface area (Å²) in [5, 5.41) is 0.790. The number of likely N-dealkylation sites (N-methyl/N-ethyl adjacent to an activating group) is 1. The summed E-state index contributed by atoms with van der Waals surface area (Å²) in [6, 6.07) is 7.44. The van der Waals surface area contributed by atoms with Crippen LogP contribution in [0.25, 0.3) is 11.0 Å². The number of carbonyl (C=O) groups is 1. The summed E-state index contributed by atoms with van der Waals surface area (Å²) in [7, 11) is -1.83. The molecule has 232 valence electrons. The third-order valence-electron chi connectivity index (χ3n) is 8.18. The number of amides is 1. The van der Waals surface area contributed by atoms with Gasteiger partial charge in [-0.1, -0.05) is 0 Å². The van der Waals surface area contributed by atoms with Gasteiger partial charge in [-0.15, -0.1) is 13.2 Å². The van der Waals surface area contributed by atoms with Crippen LogP contribution in [-0.4, -0.2) is 75.5 Å². The second kappa shape index (κ2) is 11.4. The third kappa shape index (κ3) is 6.30. The van der Waals surface area contributed by atoms with Crippen LogP contribution in [0.4, 0.5) is 24.5 Å². The van der Waals surface area contributed by atoms with Crippen molar-refractivity contribution in [1.29, 1.82) is 0 Å². The molecule has 43 heavy (non-hydrogen) atoms. The summed E-state index contributed by atoms with van der Waals surface area (Å²) >= 11 is 0. The molecule has 10 nitrogen and oxygen atoms in total. The second-order valence-corrected chi connectivity index (χ2v) is 13.0. The number of sulfonamides is 1. The van der Waals surface area contributed by atoms with E-state index in [4.69, 9.17) is 4.42 Å². The normalized spacial score (nSPS) is 18.1. The smallest absolute Gasteiger partial charge is 0.422 e. The van der Waals surface area contributed by atoms with Gasteiger partial charge in [0.2, 0.25) is 10.0 Å². The highest BCUT2D eigenvalue weighted by Gasteiger charge is 2.34. The Kier molecular flexibility index (Phi) is 8.11. The standard InChI is InChI=1S/C29H33F3N4O6S/c1-5-43(39,40)33-23-8-6-19(14-25(23)42-29(30,31)32)27(37)36-11-10-20-21-7-9-24(35-13-12-34(4)17(2)15-35)18(3)26(21)41-28(38)22(20)16-36/h6-9,14,17,33H,5,10-13,15-16H2,1-4H3/t17-/m0/s1.